The number of carbonyl (C=O) groups is 1. The van der Waals surface area contributed by atoms with E-state index in [9.17, 15) is 4.79 Å². The minimum absolute atomic E-state index is 0.0782. The lowest BCUT2D eigenvalue weighted by molar-refractivity contribution is -0.130. The standard InChI is InChI=1S/C14H27N3O3/c1-16(8-4-7-15)14(18)6-10-17(11-13-20-3)9-5-12-19-2/h4-6,8-13H2,1-3H3. The van der Waals surface area contributed by atoms with Crippen molar-refractivity contribution in [1.82, 2.24) is 9.80 Å². The summed E-state index contributed by atoms with van der Waals surface area (Å²) >= 11 is 0. The Morgan fingerprint density at radius 3 is 2.40 bits per heavy atom. The molecule has 6 nitrogen and oxygen atoms in total. The monoisotopic (exact) mass is 285 g/mol. The van der Waals surface area contributed by atoms with Crippen LogP contribution >= 0.6 is 0 Å². The average molecular weight is 285 g/mol. The third-order valence-corrected chi connectivity index (χ3v) is 3.06. The molecule has 20 heavy (non-hydrogen) atoms. The van der Waals surface area contributed by atoms with E-state index in [1.807, 2.05) is 6.07 Å². The molecule has 0 rings (SSSR count). The Hall–Kier alpha value is -1.16. The van der Waals surface area contributed by atoms with Gasteiger partial charge in [0, 0.05) is 60.5 Å². The van der Waals surface area contributed by atoms with Gasteiger partial charge in [0.2, 0.25) is 5.91 Å². The molecule has 0 N–H and O–H groups in total. The zero-order valence-corrected chi connectivity index (χ0v) is 12.9. The zero-order chi connectivity index (χ0) is 15.2. The Morgan fingerprint density at radius 1 is 1.10 bits per heavy atom. The summed E-state index contributed by atoms with van der Waals surface area (Å²) in [7, 11) is 5.10. The van der Waals surface area contributed by atoms with Gasteiger partial charge in [-0.05, 0) is 6.42 Å². The molecule has 0 fully saturated rings. The molecule has 0 saturated heterocycles. The van der Waals surface area contributed by atoms with Crippen LogP contribution in [0.2, 0.25) is 0 Å². The number of methoxy groups -OCH3 is 2. The van der Waals surface area contributed by atoms with Crippen molar-refractivity contribution in [3.05, 3.63) is 0 Å². The minimum atomic E-state index is 0.0782. The molecule has 0 spiro atoms. The van der Waals surface area contributed by atoms with Crippen LogP contribution in [-0.4, -0.2) is 76.4 Å². The van der Waals surface area contributed by atoms with E-state index in [4.69, 9.17) is 14.7 Å². The predicted octanol–water partition coefficient (Wildman–Crippen LogP) is 0.733. The molecule has 0 unspecified atom stereocenters. The number of ether oxygens (including phenoxy) is 2. The third-order valence-electron chi connectivity index (χ3n) is 3.06. The minimum Gasteiger partial charge on any atom is -0.385 e. The summed E-state index contributed by atoms with van der Waals surface area (Å²) in [4.78, 5) is 15.7. The number of hydrogen-bond donors (Lipinski definition) is 0. The summed E-state index contributed by atoms with van der Waals surface area (Å²) in [6.45, 7) is 4.30. The number of carbonyl (C=O) groups excluding carboxylic acids is 1. The van der Waals surface area contributed by atoms with Crippen LogP contribution in [0.5, 0.6) is 0 Å². The van der Waals surface area contributed by atoms with Crippen LogP contribution in [0.25, 0.3) is 0 Å². The highest BCUT2D eigenvalue weighted by atomic mass is 16.5. The number of nitrogens with zero attached hydrogens (tertiary/aromatic N) is 3. The van der Waals surface area contributed by atoms with Crippen molar-refractivity contribution in [2.75, 3.05) is 60.7 Å². The SMILES string of the molecule is COCCCN(CCOC)CCC(=O)N(C)CCC#N. The maximum absolute atomic E-state index is 11.9. The molecule has 0 atom stereocenters. The lowest BCUT2D eigenvalue weighted by atomic mass is 10.3. The first-order valence-electron chi connectivity index (χ1n) is 6.96. The van der Waals surface area contributed by atoms with Crippen LogP contribution in [0.1, 0.15) is 19.3 Å². The smallest absolute Gasteiger partial charge is 0.223 e. The molecule has 1 amide bonds. The molecule has 0 aliphatic heterocycles. The fourth-order valence-corrected chi connectivity index (χ4v) is 1.78. The summed E-state index contributed by atoms with van der Waals surface area (Å²) < 4.78 is 10.1. The summed E-state index contributed by atoms with van der Waals surface area (Å²) in [5, 5.41) is 8.51. The highest BCUT2D eigenvalue weighted by Crippen LogP contribution is 1.99. The van der Waals surface area contributed by atoms with E-state index in [1.54, 1.807) is 26.2 Å². The highest BCUT2D eigenvalue weighted by molar-refractivity contribution is 5.76. The molecular weight excluding hydrogens is 258 g/mol. The molecule has 0 aromatic rings. The van der Waals surface area contributed by atoms with Gasteiger partial charge in [0.25, 0.3) is 0 Å². The normalized spacial score (nSPS) is 10.6. The second-order valence-corrected chi connectivity index (χ2v) is 4.65. The summed E-state index contributed by atoms with van der Waals surface area (Å²) in [6, 6.07) is 2.05. The van der Waals surface area contributed by atoms with Gasteiger partial charge in [-0.2, -0.15) is 5.26 Å². The Bertz CT molecular complexity index is 292. The largest absolute Gasteiger partial charge is 0.385 e. The fraction of sp³-hybridized carbons (Fsp3) is 0.857. The third kappa shape index (κ3) is 9.73. The number of rotatable bonds is 12. The van der Waals surface area contributed by atoms with Crippen molar-refractivity contribution in [1.29, 1.82) is 5.26 Å². The van der Waals surface area contributed by atoms with E-state index in [0.29, 0.717) is 32.5 Å². The topological polar surface area (TPSA) is 65.8 Å². The van der Waals surface area contributed by atoms with Gasteiger partial charge in [0.15, 0.2) is 0 Å². The fourth-order valence-electron chi connectivity index (χ4n) is 1.78. The quantitative estimate of drug-likeness (QED) is 0.495. The number of hydrogen-bond acceptors (Lipinski definition) is 5. The van der Waals surface area contributed by atoms with Gasteiger partial charge in [-0.15, -0.1) is 0 Å². The van der Waals surface area contributed by atoms with Crippen LogP contribution in [0.4, 0.5) is 0 Å². The van der Waals surface area contributed by atoms with E-state index in [2.05, 4.69) is 4.90 Å². The number of amides is 1. The second-order valence-electron chi connectivity index (χ2n) is 4.65. The molecule has 0 saturated carbocycles. The van der Waals surface area contributed by atoms with Crippen molar-refractivity contribution < 1.29 is 14.3 Å². The summed E-state index contributed by atoms with van der Waals surface area (Å²) in [6.07, 6.45) is 1.79. The number of nitriles is 1. The summed E-state index contributed by atoms with van der Waals surface area (Å²) in [5.41, 5.74) is 0. The Balaban J connectivity index is 4.02. The first-order chi connectivity index (χ1) is 9.65. The van der Waals surface area contributed by atoms with Crippen molar-refractivity contribution in [3.63, 3.8) is 0 Å². The molecule has 0 aliphatic carbocycles. The molecule has 0 aromatic heterocycles. The van der Waals surface area contributed by atoms with Crippen molar-refractivity contribution in [2.24, 2.45) is 0 Å². The van der Waals surface area contributed by atoms with E-state index in [-0.39, 0.29) is 5.91 Å². The van der Waals surface area contributed by atoms with Crippen molar-refractivity contribution >= 4 is 5.91 Å². The zero-order valence-electron chi connectivity index (χ0n) is 12.9. The average Bonchev–Trinajstić information content (AvgIpc) is 2.46. The van der Waals surface area contributed by atoms with Crippen molar-refractivity contribution in [2.45, 2.75) is 19.3 Å². The van der Waals surface area contributed by atoms with E-state index in [1.165, 1.54) is 0 Å². The molecule has 0 radical (unpaired) electrons. The Morgan fingerprint density at radius 2 is 1.80 bits per heavy atom. The maximum atomic E-state index is 11.9. The lowest BCUT2D eigenvalue weighted by Crippen LogP contribution is -2.35. The van der Waals surface area contributed by atoms with Gasteiger partial charge in [-0.25, -0.2) is 0 Å². The van der Waals surface area contributed by atoms with Gasteiger partial charge >= 0.3 is 0 Å². The summed E-state index contributed by atoms with van der Waals surface area (Å²) in [5.74, 6) is 0.0782. The van der Waals surface area contributed by atoms with Gasteiger partial charge in [0.05, 0.1) is 19.1 Å². The predicted molar refractivity (Wildman–Crippen MR) is 77.3 cm³/mol. The van der Waals surface area contributed by atoms with E-state index < -0.39 is 0 Å². The molecule has 0 bridgehead atoms. The van der Waals surface area contributed by atoms with E-state index >= 15 is 0 Å². The Kier molecular flexibility index (Phi) is 12.1. The molecule has 0 heterocycles. The lowest BCUT2D eigenvalue weighted by Gasteiger charge is -2.23. The second kappa shape index (κ2) is 12.9. The van der Waals surface area contributed by atoms with Crippen molar-refractivity contribution in [3.8, 4) is 6.07 Å². The van der Waals surface area contributed by atoms with E-state index in [0.717, 1.165) is 26.1 Å². The Labute approximate surface area is 122 Å². The van der Waals surface area contributed by atoms with Gasteiger partial charge in [-0.1, -0.05) is 0 Å². The first kappa shape index (κ1) is 18.8. The van der Waals surface area contributed by atoms with Gasteiger partial charge in [-0.3, -0.25) is 4.79 Å². The first-order valence-corrected chi connectivity index (χ1v) is 6.96. The molecule has 116 valence electrons. The van der Waals surface area contributed by atoms with Crippen LogP contribution in [-0.2, 0) is 14.3 Å². The highest BCUT2D eigenvalue weighted by Gasteiger charge is 2.11. The van der Waals surface area contributed by atoms with Crippen LogP contribution in [0.3, 0.4) is 0 Å². The van der Waals surface area contributed by atoms with Gasteiger partial charge in [0.1, 0.15) is 0 Å². The van der Waals surface area contributed by atoms with Crippen LogP contribution < -0.4 is 0 Å². The van der Waals surface area contributed by atoms with Crippen LogP contribution in [0, 0.1) is 11.3 Å². The molecule has 0 aromatic carbocycles. The molecular formula is C14H27N3O3. The molecule has 6 heteroatoms. The van der Waals surface area contributed by atoms with Crippen LogP contribution in [0.15, 0.2) is 0 Å². The van der Waals surface area contributed by atoms with Gasteiger partial charge < -0.3 is 19.3 Å². The maximum Gasteiger partial charge on any atom is 0.223 e. The molecule has 0 aliphatic rings.